The zero-order chi connectivity index (χ0) is 25.2. The van der Waals surface area contributed by atoms with Crippen LogP contribution in [0.4, 0.5) is 5.69 Å². The first kappa shape index (κ1) is 23.6. The average molecular weight is 494 g/mol. The fourth-order valence-corrected chi connectivity index (χ4v) is 4.21. The van der Waals surface area contributed by atoms with Crippen LogP contribution >= 0.6 is 0 Å². The Morgan fingerprint density at radius 1 is 1.03 bits per heavy atom. The number of hydrogen-bond donors (Lipinski definition) is 0. The van der Waals surface area contributed by atoms with Gasteiger partial charge in [-0.15, -0.1) is 0 Å². The van der Waals surface area contributed by atoms with E-state index in [1.165, 1.54) is 49.6 Å². The molecule has 0 aliphatic carbocycles. The largest absolute Gasteiger partial charge is 0.493 e. The standard InChI is InChI=1S/C24H18N2O8S/c1-15-5-3-6-17(11-15)23-25-20(24(27)33-23)12-16-9-10-21(22(13-16)32-2)34-35(30,31)19-8-4-7-18(14-19)26(28)29/h3-14H,1-2H3/b20-12-. The van der Waals surface area contributed by atoms with Gasteiger partial charge in [-0.2, -0.15) is 8.42 Å². The number of nitro benzene ring substituents is 1. The Labute approximate surface area is 200 Å². The maximum Gasteiger partial charge on any atom is 0.363 e. The van der Waals surface area contributed by atoms with E-state index in [0.29, 0.717) is 11.1 Å². The zero-order valence-corrected chi connectivity index (χ0v) is 19.3. The van der Waals surface area contributed by atoms with E-state index >= 15 is 0 Å². The molecular weight excluding hydrogens is 476 g/mol. The van der Waals surface area contributed by atoms with Crippen LogP contribution in [0.2, 0.25) is 0 Å². The summed E-state index contributed by atoms with van der Waals surface area (Å²) in [5.74, 6) is -0.532. The zero-order valence-electron chi connectivity index (χ0n) is 18.5. The van der Waals surface area contributed by atoms with Gasteiger partial charge in [-0.1, -0.05) is 29.8 Å². The molecular formula is C24H18N2O8S. The summed E-state index contributed by atoms with van der Waals surface area (Å²) in [6, 6.07) is 16.1. The molecule has 1 aliphatic heterocycles. The molecule has 1 aliphatic rings. The van der Waals surface area contributed by atoms with Crippen molar-refractivity contribution in [3.05, 3.63) is 99.2 Å². The first-order chi connectivity index (χ1) is 16.7. The van der Waals surface area contributed by atoms with E-state index in [1.54, 1.807) is 6.07 Å². The van der Waals surface area contributed by atoms with Crippen molar-refractivity contribution in [2.45, 2.75) is 11.8 Å². The quantitative estimate of drug-likeness (QED) is 0.158. The molecule has 1 heterocycles. The molecule has 0 aromatic heterocycles. The highest BCUT2D eigenvalue weighted by Gasteiger charge is 2.25. The van der Waals surface area contributed by atoms with Gasteiger partial charge in [0.05, 0.1) is 12.0 Å². The lowest BCUT2D eigenvalue weighted by Gasteiger charge is -2.11. The highest BCUT2D eigenvalue weighted by molar-refractivity contribution is 7.87. The van der Waals surface area contributed by atoms with E-state index in [0.717, 1.165) is 11.6 Å². The number of hydrogen-bond acceptors (Lipinski definition) is 9. The number of carbonyl (C=O) groups is 1. The van der Waals surface area contributed by atoms with Gasteiger partial charge in [0, 0.05) is 17.7 Å². The molecule has 0 bridgehead atoms. The molecule has 0 fully saturated rings. The first-order valence-electron chi connectivity index (χ1n) is 10.1. The molecule has 0 amide bonds. The van der Waals surface area contributed by atoms with Crippen LogP contribution in [0.25, 0.3) is 6.08 Å². The van der Waals surface area contributed by atoms with Gasteiger partial charge >= 0.3 is 16.1 Å². The summed E-state index contributed by atoms with van der Waals surface area (Å²) in [4.78, 5) is 26.4. The number of rotatable bonds is 7. The predicted octanol–water partition coefficient (Wildman–Crippen LogP) is 4.02. The number of non-ortho nitro benzene ring substituents is 1. The fraction of sp³-hybridized carbons (Fsp3) is 0.0833. The normalized spacial score (nSPS) is 14.4. The fourth-order valence-electron chi connectivity index (χ4n) is 3.23. The van der Waals surface area contributed by atoms with Gasteiger partial charge in [0.25, 0.3) is 5.69 Å². The van der Waals surface area contributed by atoms with E-state index in [9.17, 15) is 23.3 Å². The van der Waals surface area contributed by atoms with Crippen molar-refractivity contribution in [3.63, 3.8) is 0 Å². The molecule has 3 aromatic carbocycles. The minimum atomic E-state index is -4.38. The summed E-state index contributed by atoms with van der Waals surface area (Å²) in [5.41, 5.74) is 1.79. The lowest BCUT2D eigenvalue weighted by molar-refractivity contribution is -0.385. The number of ether oxygens (including phenoxy) is 2. The third kappa shape index (κ3) is 5.20. The topological polar surface area (TPSA) is 134 Å². The maximum atomic E-state index is 12.7. The second-order valence-corrected chi connectivity index (χ2v) is 8.95. The van der Waals surface area contributed by atoms with Gasteiger partial charge in [-0.25, -0.2) is 9.79 Å². The molecule has 0 unspecified atom stereocenters. The van der Waals surface area contributed by atoms with Crippen LogP contribution in [0.1, 0.15) is 16.7 Å². The minimum Gasteiger partial charge on any atom is -0.493 e. The number of nitrogens with zero attached hydrogens (tertiary/aromatic N) is 2. The van der Waals surface area contributed by atoms with Gasteiger partial charge in [0.2, 0.25) is 5.90 Å². The Morgan fingerprint density at radius 3 is 2.51 bits per heavy atom. The molecule has 0 atom stereocenters. The number of cyclic esters (lactones) is 1. The summed E-state index contributed by atoms with van der Waals surface area (Å²) in [5, 5.41) is 11.0. The summed E-state index contributed by atoms with van der Waals surface area (Å²) in [6.45, 7) is 1.91. The Kier molecular flexibility index (Phi) is 6.34. The Balaban J connectivity index is 1.61. The van der Waals surface area contributed by atoms with Crippen molar-refractivity contribution >= 4 is 33.7 Å². The molecule has 11 heteroatoms. The lowest BCUT2D eigenvalue weighted by Crippen LogP contribution is -2.10. The minimum absolute atomic E-state index is 0.0569. The number of carbonyl (C=O) groups excluding carboxylic acids is 1. The van der Waals surface area contributed by atoms with Crippen LogP contribution in [0.3, 0.4) is 0 Å². The number of aryl methyl sites for hydroxylation is 1. The van der Waals surface area contributed by atoms with Crippen LogP contribution in [0.5, 0.6) is 11.5 Å². The van der Waals surface area contributed by atoms with Gasteiger partial charge in [-0.05, 0) is 48.9 Å². The molecule has 35 heavy (non-hydrogen) atoms. The summed E-state index contributed by atoms with van der Waals surface area (Å²) >= 11 is 0. The van der Waals surface area contributed by atoms with Crippen LogP contribution in [0.15, 0.2) is 82.3 Å². The maximum absolute atomic E-state index is 12.7. The van der Waals surface area contributed by atoms with Gasteiger partial charge in [0.15, 0.2) is 17.2 Å². The molecule has 0 spiro atoms. The molecule has 0 radical (unpaired) electrons. The second kappa shape index (κ2) is 9.39. The van der Waals surface area contributed by atoms with Gasteiger partial charge in [0.1, 0.15) is 4.90 Å². The molecule has 3 aromatic rings. The SMILES string of the molecule is COc1cc(/C=C2\N=C(c3cccc(C)c3)OC2=O)ccc1OS(=O)(=O)c1cccc([N+](=O)[O-])c1. The highest BCUT2D eigenvalue weighted by Crippen LogP contribution is 2.32. The van der Waals surface area contributed by atoms with E-state index in [-0.39, 0.29) is 28.0 Å². The molecule has 178 valence electrons. The number of benzene rings is 3. The van der Waals surface area contributed by atoms with Crippen molar-refractivity contribution in [1.82, 2.24) is 0 Å². The van der Waals surface area contributed by atoms with Crippen molar-refractivity contribution < 1.29 is 31.8 Å². The highest BCUT2D eigenvalue weighted by atomic mass is 32.2. The number of esters is 1. The molecule has 10 nitrogen and oxygen atoms in total. The van der Waals surface area contributed by atoms with Gasteiger partial charge < -0.3 is 13.7 Å². The van der Waals surface area contributed by atoms with E-state index < -0.39 is 26.7 Å². The first-order valence-corrected chi connectivity index (χ1v) is 11.5. The van der Waals surface area contributed by atoms with Crippen molar-refractivity contribution in [2.75, 3.05) is 7.11 Å². The lowest BCUT2D eigenvalue weighted by atomic mass is 10.1. The molecule has 0 saturated heterocycles. The Morgan fingerprint density at radius 2 is 1.80 bits per heavy atom. The number of methoxy groups -OCH3 is 1. The summed E-state index contributed by atoms with van der Waals surface area (Å²) in [6.07, 6.45) is 1.46. The third-order valence-corrected chi connectivity index (χ3v) is 6.12. The van der Waals surface area contributed by atoms with Gasteiger partial charge in [-0.3, -0.25) is 10.1 Å². The second-order valence-electron chi connectivity index (χ2n) is 7.41. The van der Waals surface area contributed by atoms with Crippen molar-refractivity contribution in [3.8, 4) is 11.5 Å². The third-order valence-electron chi connectivity index (χ3n) is 4.89. The Bertz CT molecular complexity index is 1510. The average Bonchev–Trinajstić information content (AvgIpc) is 3.20. The molecule has 0 N–H and O–H groups in total. The van der Waals surface area contributed by atoms with Crippen LogP contribution in [-0.2, 0) is 19.6 Å². The van der Waals surface area contributed by atoms with Crippen molar-refractivity contribution in [2.24, 2.45) is 4.99 Å². The van der Waals surface area contributed by atoms with Crippen LogP contribution in [0, 0.1) is 17.0 Å². The predicted molar refractivity (Wildman–Crippen MR) is 126 cm³/mol. The summed E-state index contributed by atoms with van der Waals surface area (Å²) < 4.78 is 41.0. The monoisotopic (exact) mass is 494 g/mol. The number of aliphatic imine (C=N–C) groups is 1. The van der Waals surface area contributed by atoms with E-state index in [4.69, 9.17) is 13.7 Å². The van der Waals surface area contributed by atoms with Crippen LogP contribution in [-0.4, -0.2) is 32.3 Å². The van der Waals surface area contributed by atoms with Crippen molar-refractivity contribution in [1.29, 1.82) is 0 Å². The summed E-state index contributed by atoms with van der Waals surface area (Å²) in [7, 11) is -3.07. The Hall–Kier alpha value is -4.51. The van der Waals surface area contributed by atoms with Crippen LogP contribution < -0.4 is 8.92 Å². The van der Waals surface area contributed by atoms with E-state index in [2.05, 4.69) is 4.99 Å². The smallest absolute Gasteiger partial charge is 0.363 e. The molecule has 4 rings (SSSR count). The molecule has 0 saturated carbocycles. The number of nitro groups is 1. The van der Waals surface area contributed by atoms with E-state index in [1.807, 2.05) is 25.1 Å².